The average molecular weight is 323 g/mol. The highest BCUT2D eigenvalue weighted by Crippen LogP contribution is 2.52. The van der Waals surface area contributed by atoms with Gasteiger partial charge in [0.05, 0.1) is 0 Å². The minimum absolute atomic E-state index is 0.147. The number of hydrogen-bond acceptors (Lipinski definition) is 2. The quantitative estimate of drug-likeness (QED) is 0.673. The van der Waals surface area contributed by atoms with Gasteiger partial charge < -0.3 is 9.64 Å². The first-order chi connectivity index (χ1) is 10.7. The third kappa shape index (κ3) is 3.48. The fourth-order valence-corrected chi connectivity index (χ4v) is 3.52. The zero-order valence-corrected chi connectivity index (χ0v) is 13.8. The second-order valence-corrected chi connectivity index (χ2v) is 7.95. The zero-order valence-electron chi connectivity index (χ0n) is 13.8. The van der Waals surface area contributed by atoms with Gasteiger partial charge >= 0.3 is 6.09 Å². The molecule has 1 saturated carbocycles. The molecule has 1 unspecified atom stereocenters. The van der Waals surface area contributed by atoms with Crippen LogP contribution in [0.3, 0.4) is 0 Å². The van der Waals surface area contributed by atoms with Crippen molar-refractivity contribution in [3.63, 3.8) is 0 Å². The Labute approximate surface area is 135 Å². The maximum atomic E-state index is 13.8. The number of alkyl halides is 1. The molecule has 0 radical (unpaired) electrons. The third-order valence-electron chi connectivity index (χ3n) is 4.50. The summed E-state index contributed by atoms with van der Waals surface area (Å²) in [6, 6.07) is 0. The van der Waals surface area contributed by atoms with Crippen LogP contribution in [0.5, 0.6) is 0 Å². The van der Waals surface area contributed by atoms with Gasteiger partial charge in [-0.05, 0) is 45.8 Å². The van der Waals surface area contributed by atoms with Crippen molar-refractivity contribution in [2.75, 3.05) is 13.1 Å². The summed E-state index contributed by atoms with van der Waals surface area (Å²) in [6.07, 6.45) is 6.04. The lowest BCUT2D eigenvalue weighted by Crippen LogP contribution is -2.62. The molecule has 0 bridgehead atoms. The molecule has 3 rings (SSSR count). The molecule has 2 aliphatic carbocycles. The minimum atomic E-state index is -1.29. The minimum Gasteiger partial charge on any atom is -0.444 e. The fraction of sp³-hybridized carbons (Fsp3) is 0.611. The van der Waals surface area contributed by atoms with E-state index in [1.54, 1.807) is 11.0 Å². The van der Waals surface area contributed by atoms with E-state index in [0.29, 0.717) is 13.1 Å². The molecule has 2 fully saturated rings. The van der Waals surface area contributed by atoms with Gasteiger partial charge in [0.25, 0.3) is 0 Å². The molecule has 1 amide bonds. The van der Waals surface area contributed by atoms with Crippen LogP contribution in [0.2, 0.25) is 0 Å². The number of hydrogen-bond donors (Lipinski definition) is 0. The average Bonchev–Trinajstić information content (AvgIpc) is 2.30. The van der Waals surface area contributed by atoms with Crippen molar-refractivity contribution < 1.29 is 18.3 Å². The Kier molecular flexibility index (Phi) is 3.85. The van der Waals surface area contributed by atoms with Gasteiger partial charge in [0.1, 0.15) is 17.6 Å². The van der Waals surface area contributed by atoms with E-state index in [4.69, 9.17) is 4.74 Å². The number of ether oxygens (including phenoxy) is 1. The standard InChI is InChI=1S/C18H23F2NO2/c1-17(2,3)23-16(22)21-10-18(11-21)8-12(9-18)6-13-4-5-14(19)7-15(13)20/h4-7,13,15H,8-11H2,1-3H3/t13?,15-/m1/s1. The topological polar surface area (TPSA) is 29.5 Å². The number of carbonyl (C=O) groups is 1. The monoisotopic (exact) mass is 323 g/mol. The van der Waals surface area contributed by atoms with Crippen molar-refractivity contribution >= 4 is 6.09 Å². The first-order valence-electron chi connectivity index (χ1n) is 8.03. The van der Waals surface area contributed by atoms with Crippen molar-refractivity contribution in [3.8, 4) is 0 Å². The lowest BCUT2D eigenvalue weighted by atomic mass is 9.60. The van der Waals surface area contributed by atoms with E-state index >= 15 is 0 Å². The van der Waals surface area contributed by atoms with Crippen LogP contribution in [0.4, 0.5) is 13.6 Å². The molecule has 23 heavy (non-hydrogen) atoms. The predicted octanol–water partition coefficient (Wildman–Crippen LogP) is 4.32. The van der Waals surface area contributed by atoms with Gasteiger partial charge in [-0.15, -0.1) is 0 Å². The summed E-state index contributed by atoms with van der Waals surface area (Å²) in [5.74, 6) is -0.881. The van der Waals surface area contributed by atoms with Crippen molar-refractivity contribution in [1.29, 1.82) is 0 Å². The molecule has 0 aromatic carbocycles. The Morgan fingerprint density at radius 3 is 2.61 bits per heavy atom. The van der Waals surface area contributed by atoms with Crippen molar-refractivity contribution in [1.82, 2.24) is 4.90 Å². The van der Waals surface area contributed by atoms with E-state index in [2.05, 4.69) is 0 Å². The van der Waals surface area contributed by atoms with E-state index in [-0.39, 0.29) is 17.4 Å². The number of amides is 1. The van der Waals surface area contributed by atoms with E-state index in [1.807, 2.05) is 26.8 Å². The Morgan fingerprint density at radius 2 is 2.04 bits per heavy atom. The largest absolute Gasteiger partial charge is 0.444 e. The van der Waals surface area contributed by atoms with Crippen LogP contribution in [0.15, 0.2) is 35.7 Å². The Morgan fingerprint density at radius 1 is 1.39 bits per heavy atom. The van der Waals surface area contributed by atoms with Gasteiger partial charge in [-0.25, -0.2) is 13.6 Å². The third-order valence-corrected chi connectivity index (χ3v) is 4.50. The molecule has 0 N–H and O–H groups in total. The van der Waals surface area contributed by atoms with Crippen LogP contribution >= 0.6 is 0 Å². The maximum absolute atomic E-state index is 13.8. The molecule has 2 atom stereocenters. The van der Waals surface area contributed by atoms with Crippen LogP contribution in [0.1, 0.15) is 33.6 Å². The predicted molar refractivity (Wildman–Crippen MR) is 84.3 cm³/mol. The molecule has 0 aromatic heterocycles. The van der Waals surface area contributed by atoms with Gasteiger partial charge in [0.2, 0.25) is 0 Å². The van der Waals surface area contributed by atoms with Gasteiger partial charge in [-0.2, -0.15) is 0 Å². The normalized spacial score (nSPS) is 28.8. The van der Waals surface area contributed by atoms with Crippen LogP contribution in [-0.2, 0) is 4.74 Å². The second kappa shape index (κ2) is 5.46. The summed E-state index contributed by atoms with van der Waals surface area (Å²) in [6.45, 7) is 6.97. The molecule has 0 aromatic rings. The summed E-state index contributed by atoms with van der Waals surface area (Å²) in [4.78, 5) is 13.7. The Balaban J connectivity index is 1.48. The Bertz CT molecular complexity index is 585. The summed E-state index contributed by atoms with van der Waals surface area (Å²) in [5, 5.41) is 0. The van der Waals surface area contributed by atoms with Crippen LogP contribution in [-0.4, -0.2) is 35.9 Å². The first kappa shape index (κ1) is 16.2. The highest BCUT2D eigenvalue weighted by molar-refractivity contribution is 5.69. The van der Waals surface area contributed by atoms with Crippen LogP contribution in [0.25, 0.3) is 0 Å². The molecule has 3 aliphatic rings. The molecule has 3 nitrogen and oxygen atoms in total. The van der Waals surface area contributed by atoms with Gasteiger partial charge in [0, 0.05) is 24.4 Å². The van der Waals surface area contributed by atoms with E-state index in [0.717, 1.165) is 18.9 Å². The molecular formula is C18H23F2NO2. The molecule has 1 aliphatic heterocycles. The summed E-state index contributed by atoms with van der Waals surface area (Å²) >= 11 is 0. The van der Waals surface area contributed by atoms with Gasteiger partial charge in [-0.1, -0.05) is 17.7 Å². The zero-order chi connectivity index (χ0) is 16.8. The SMILES string of the molecule is CC(C)(C)OC(=O)N1CC2(CC(=CC3C=CC(F)=C[C@H]3F)C2)C1. The van der Waals surface area contributed by atoms with E-state index in [9.17, 15) is 13.6 Å². The Hall–Kier alpha value is -1.65. The number of carbonyl (C=O) groups excluding carboxylic acids is 1. The van der Waals surface area contributed by atoms with Crippen molar-refractivity contribution in [2.45, 2.75) is 45.4 Å². The molecule has 5 heteroatoms. The van der Waals surface area contributed by atoms with Crippen molar-refractivity contribution in [2.24, 2.45) is 11.3 Å². The molecule has 126 valence electrons. The number of nitrogens with zero attached hydrogens (tertiary/aromatic N) is 1. The van der Waals surface area contributed by atoms with E-state index in [1.165, 1.54) is 11.6 Å². The lowest BCUT2D eigenvalue weighted by Gasteiger charge is -2.56. The molecule has 1 saturated heterocycles. The first-order valence-corrected chi connectivity index (χ1v) is 8.03. The number of likely N-dealkylation sites (tertiary alicyclic amines) is 1. The van der Waals surface area contributed by atoms with Gasteiger partial charge in [-0.3, -0.25) is 0 Å². The van der Waals surface area contributed by atoms with Gasteiger partial charge in [0.15, 0.2) is 0 Å². The number of rotatable bonds is 1. The van der Waals surface area contributed by atoms with Crippen molar-refractivity contribution in [3.05, 3.63) is 35.7 Å². The molecule has 1 heterocycles. The van der Waals surface area contributed by atoms with Crippen LogP contribution < -0.4 is 0 Å². The highest BCUT2D eigenvalue weighted by Gasteiger charge is 2.52. The molecule has 1 spiro atoms. The number of halogens is 2. The summed E-state index contributed by atoms with van der Waals surface area (Å²) < 4.78 is 32.0. The highest BCUT2D eigenvalue weighted by atomic mass is 19.1. The fourth-order valence-electron chi connectivity index (χ4n) is 3.52. The second-order valence-electron chi connectivity index (χ2n) is 7.95. The van der Waals surface area contributed by atoms with Crippen LogP contribution in [0, 0.1) is 11.3 Å². The lowest BCUT2D eigenvalue weighted by molar-refractivity contribution is -0.0505. The number of allylic oxidation sites excluding steroid dienone is 6. The summed E-state index contributed by atoms with van der Waals surface area (Å²) in [5.41, 5.74) is 0.868. The van der Waals surface area contributed by atoms with E-state index < -0.39 is 17.6 Å². The smallest absolute Gasteiger partial charge is 0.410 e. The summed E-state index contributed by atoms with van der Waals surface area (Å²) in [7, 11) is 0. The molecular weight excluding hydrogens is 300 g/mol. The maximum Gasteiger partial charge on any atom is 0.410 e.